The summed E-state index contributed by atoms with van der Waals surface area (Å²) in [4.78, 5) is 3.74. The van der Waals surface area contributed by atoms with Crippen molar-refractivity contribution < 1.29 is 13.2 Å². The minimum absolute atomic E-state index is 0.329. The quantitative estimate of drug-likeness (QED) is 0.821. The van der Waals surface area contributed by atoms with E-state index in [0.717, 1.165) is 30.8 Å². The first-order chi connectivity index (χ1) is 9.38. The van der Waals surface area contributed by atoms with Crippen LogP contribution in [0.25, 0.3) is 0 Å². The number of pyridine rings is 1. The molecule has 0 amide bonds. The third kappa shape index (κ3) is 3.49. The second-order valence-corrected chi connectivity index (χ2v) is 5.31. The summed E-state index contributed by atoms with van der Waals surface area (Å²) in [5, 5.41) is 4.33. The van der Waals surface area contributed by atoms with Gasteiger partial charge in [0, 0.05) is 11.9 Å². The summed E-state index contributed by atoms with van der Waals surface area (Å²) in [6.45, 7) is 4.24. The summed E-state index contributed by atoms with van der Waals surface area (Å²) in [6.07, 6.45) is -0.142. The molecular formula is C14H18F3N3. The molecule has 20 heavy (non-hydrogen) atoms. The molecule has 0 radical (unpaired) electrons. The molecule has 0 unspecified atom stereocenters. The Hall–Kier alpha value is -1.59. The number of hydrogen-bond donors (Lipinski definition) is 1. The van der Waals surface area contributed by atoms with Crippen molar-refractivity contribution >= 4 is 11.5 Å². The third-order valence-electron chi connectivity index (χ3n) is 3.67. The Balaban J connectivity index is 2.07. The fourth-order valence-electron chi connectivity index (χ4n) is 2.48. The van der Waals surface area contributed by atoms with Gasteiger partial charge in [-0.1, -0.05) is 20.3 Å². The molecule has 6 heteroatoms. The normalized spacial score (nSPS) is 23.6. The van der Waals surface area contributed by atoms with Crippen LogP contribution in [0.1, 0.15) is 38.7 Å². The molecular weight excluding hydrogens is 267 g/mol. The van der Waals surface area contributed by atoms with Gasteiger partial charge in [-0.05, 0) is 36.8 Å². The molecule has 3 nitrogen and oxygen atoms in total. The predicted molar refractivity (Wildman–Crippen MR) is 72.5 cm³/mol. The Morgan fingerprint density at radius 2 is 1.85 bits per heavy atom. The standard InChI is InChI=1S/C14H18F3N3/c1-9-4-3-5-10(2)13(9)20-19-12-7-6-11(8-18-12)14(15,16)17/h6-10H,3-5H2,1-2H3,(H,18,19)/t9-,10-/m0/s1. The molecule has 2 atom stereocenters. The minimum Gasteiger partial charge on any atom is -0.261 e. The predicted octanol–water partition coefficient (Wildman–Crippen LogP) is 4.32. The van der Waals surface area contributed by atoms with Crippen LogP contribution in [-0.2, 0) is 6.18 Å². The van der Waals surface area contributed by atoms with E-state index in [-0.39, 0.29) is 0 Å². The van der Waals surface area contributed by atoms with Crippen LogP contribution >= 0.6 is 0 Å². The van der Waals surface area contributed by atoms with Gasteiger partial charge >= 0.3 is 6.18 Å². The highest BCUT2D eigenvalue weighted by Gasteiger charge is 2.30. The number of alkyl halides is 3. The van der Waals surface area contributed by atoms with Crippen LogP contribution in [0.5, 0.6) is 0 Å². The molecule has 1 N–H and O–H groups in total. The lowest BCUT2D eigenvalue weighted by Gasteiger charge is -2.26. The van der Waals surface area contributed by atoms with E-state index in [2.05, 4.69) is 29.4 Å². The number of rotatable bonds is 2. The van der Waals surface area contributed by atoms with E-state index < -0.39 is 11.7 Å². The largest absolute Gasteiger partial charge is 0.417 e. The number of nitrogens with one attached hydrogen (secondary N) is 1. The van der Waals surface area contributed by atoms with Crippen molar-refractivity contribution in [2.75, 3.05) is 5.43 Å². The van der Waals surface area contributed by atoms with Crippen molar-refractivity contribution in [3.05, 3.63) is 23.9 Å². The van der Waals surface area contributed by atoms with E-state index in [1.165, 1.54) is 12.5 Å². The number of hydrazone groups is 1. The number of aromatic nitrogens is 1. The number of anilines is 1. The Bertz CT molecular complexity index is 467. The van der Waals surface area contributed by atoms with Gasteiger partial charge in [0.25, 0.3) is 0 Å². The van der Waals surface area contributed by atoms with Gasteiger partial charge in [0.15, 0.2) is 0 Å². The van der Waals surface area contributed by atoms with Gasteiger partial charge in [-0.15, -0.1) is 0 Å². The number of halogens is 3. The third-order valence-corrected chi connectivity index (χ3v) is 3.67. The number of hydrogen-bond acceptors (Lipinski definition) is 3. The fourth-order valence-corrected chi connectivity index (χ4v) is 2.48. The van der Waals surface area contributed by atoms with Crippen molar-refractivity contribution in [1.82, 2.24) is 4.98 Å². The summed E-state index contributed by atoms with van der Waals surface area (Å²) >= 11 is 0. The molecule has 0 aliphatic heterocycles. The highest BCUT2D eigenvalue weighted by molar-refractivity contribution is 5.89. The van der Waals surface area contributed by atoms with Gasteiger partial charge in [0.2, 0.25) is 0 Å². The molecule has 1 saturated carbocycles. The van der Waals surface area contributed by atoms with Crippen molar-refractivity contribution in [3.8, 4) is 0 Å². The van der Waals surface area contributed by atoms with Gasteiger partial charge in [0.1, 0.15) is 5.82 Å². The lowest BCUT2D eigenvalue weighted by molar-refractivity contribution is -0.137. The zero-order valence-electron chi connectivity index (χ0n) is 11.5. The molecule has 2 rings (SSSR count). The first kappa shape index (κ1) is 14.8. The Kier molecular flexibility index (Phi) is 4.30. The molecule has 1 aromatic rings. The van der Waals surface area contributed by atoms with E-state index in [0.29, 0.717) is 17.7 Å². The SMILES string of the molecule is C[C@H]1CCC[C@H](C)C1=NNc1ccc(C(F)(F)F)cn1. The van der Waals surface area contributed by atoms with E-state index in [1.54, 1.807) is 0 Å². The molecule has 1 aliphatic rings. The van der Waals surface area contributed by atoms with Crippen molar-refractivity contribution in [1.29, 1.82) is 0 Å². The van der Waals surface area contributed by atoms with E-state index in [9.17, 15) is 13.2 Å². The minimum atomic E-state index is -4.36. The van der Waals surface area contributed by atoms with Gasteiger partial charge in [-0.2, -0.15) is 18.3 Å². The second-order valence-electron chi connectivity index (χ2n) is 5.31. The van der Waals surface area contributed by atoms with Crippen molar-refractivity contribution in [2.24, 2.45) is 16.9 Å². The molecule has 0 bridgehead atoms. The zero-order valence-corrected chi connectivity index (χ0v) is 11.5. The smallest absolute Gasteiger partial charge is 0.261 e. The molecule has 1 aromatic heterocycles. The highest BCUT2D eigenvalue weighted by atomic mass is 19.4. The molecule has 0 saturated heterocycles. The lowest BCUT2D eigenvalue weighted by atomic mass is 9.81. The van der Waals surface area contributed by atoms with Crippen LogP contribution in [0, 0.1) is 11.8 Å². The highest BCUT2D eigenvalue weighted by Crippen LogP contribution is 2.29. The molecule has 1 fully saturated rings. The maximum absolute atomic E-state index is 12.4. The van der Waals surface area contributed by atoms with Crippen LogP contribution in [0.2, 0.25) is 0 Å². The van der Waals surface area contributed by atoms with E-state index >= 15 is 0 Å². The van der Waals surface area contributed by atoms with Crippen molar-refractivity contribution in [2.45, 2.75) is 39.3 Å². The summed E-state index contributed by atoms with van der Waals surface area (Å²) in [6, 6.07) is 2.30. The summed E-state index contributed by atoms with van der Waals surface area (Å²) in [5.74, 6) is 1.14. The fraction of sp³-hybridized carbons (Fsp3) is 0.571. The summed E-state index contributed by atoms with van der Waals surface area (Å²) in [5.41, 5.74) is 3.08. The lowest BCUT2D eigenvalue weighted by Crippen LogP contribution is -2.25. The first-order valence-corrected chi connectivity index (χ1v) is 6.74. The van der Waals surface area contributed by atoms with Gasteiger partial charge in [0.05, 0.1) is 5.56 Å². The zero-order chi connectivity index (χ0) is 14.8. The Labute approximate surface area is 116 Å². The van der Waals surface area contributed by atoms with Gasteiger partial charge < -0.3 is 0 Å². The monoisotopic (exact) mass is 285 g/mol. The molecule has 0 aromatic carbocycles. The van der Waals surface area contributed by atoms with Gasteiger partial charge in [-0.3, -0.25) is 5.43 Å². The average molecular weight is 285 g/mol. The number of nitrogens with zero attached hydrogens (tertiary/aromatic N) is 2. The van der Waals surface area contributed by atoms with Crippen LogP contribution in [0.15, 0.2) is 23.4 Å². The van der Waals surface area contributed by atoms with Crippen LogP contribution in [0.4, 0.5) is 19.0 Å². The second kappa shape index (κ2) is 5.81. The summed E-state index contributed by atoms with van der Waals surface area (Å²) in [7, 11) is 0. The van der Waals surface area contributed by atoms with E-state index in [4.69, 9.17) is 0 Å². The van der Waals surface area contributed by atoms with E-state index in [1.807, 2.05) is 0 Å². The van der Waals surface area contributed by atoms with Gasteiger partial charge in [-0.25, -0.2) is 4.98 Å². The maximum Gasteiger partial charge on any atom is 0.417 e. The topological polar surface area (TPSA) is 37.3 Å². The van der Waals surface area contributed by atoms with Crippen molar-refractivity contribution in [3.63, 3.8) is 0 Å². The summed E-state index contributed by atoms with van der Waals surface area (Å²) < 4.78 is 37.2. The molecule has 1 aliphatic carbocycles. The van der Waals surface area contributed by atoms with Crippen LogP contribution < -0.4 is 5.43 Å². The molecule has 0 spiro atoms. The van der Waals surface area contributed by atoms with Crippen LogP contribution in [-0.4, -0.2) is 10.7 Å². The molecule has 1 heterocycles. The Morgan fingerprint density at radius 3 is 2.35 bits per heavy atom. The molecule has 110 valence electrons. The average Bonchev–Trinajstić information content (AvgIpc) is 2.37. The van der Waals surface area contributed by atoms with Crippen LogP contribution in [0.3, 0.4) is 0 Å². The Morgan fingerprint density at radius 1 is 1.20 bits per heavy atom. The maximum atomic E-state index is 12.4. The first-order valence-electron chi connectivity index (χ1n) is 6.74.